The molecular formula is C76H54N4. The third-order valence-electron chi connectivity index (χ3n) is 16.3. The van der Waals surface area contributed by atoms with Gasteiger partial charge in [-0.3, -0.25) is 0 Å². The Morgan fingerprint density at radius 1 is 0.325 bits per heavy atom. The summed E-state index contributed by atoms with van der Waals surface area (Å²) in [6.45, 7) is 0. The van der Waals surface area contributed by atoms with E-state index in [1.807, 2.05) is 0 Å². The van der Waals surface area contributed by atoms with Crippen molar-refractivity contribution >= 4 is 77.9 Å². The summed E-state index contributed by atoms with van der Waals surface area (Å²) in [7, 11) is 0. The van der Waals surface area contributed by atoms with Gasteiger partial charge >= 0.3 is 0 Å². The number of aromatic nitrogens is 1. The number of allylic oxidation sites excluding steroid dienone is 2. The molecule has 1 aliphatic heterocycles. The predicted molar refractivity (Wildman–Crippen MR) is 337 cm³/mol. The van der Waals surface area contributed by atoms with Crippen LogP contribution in [0, 0.1) is 0 Å². The molecule has 2 aliphatic rings. The first-order chi connectivity index (χ1) is 39.7. The number of hydrogen-bond donors (Lipinski definition) is 0. The topological polar surface area (TPSA) is 14.7 Å². The first-order valence-corrected chi connectivity index (χ1v) is 27.7. The quantitative estimate of drug-likeness (QED) is 0.128. The maximum Gasteiger partial charge on any atom is 0.0629 e. The zero-order valence-corrected chi connectivity index (χ0v) is 44.0. The Hall–Kier alpha value is -10.4. The average Bonchev–Trinajstić information content (AvgIpc) is 4.29. The summed E-state index contributed by atoms with van der Waals surface area (Å²) in [5.74, 6) is 0.208. The molecule has 2 atom stereocenters. The molecule has 0 bridgehead atoms. The highest BCUT2D eigenvalue weighted by atomic mass is 15.2. The zero-order chi connectivity index (χ0) is 52.9. The van der Waals surface area contributed by atoms with Crippen molar-refractivity contribution in [1.82, 2.24) is 4.57 Å². The van der Waals surface area contributed by atoms with Gasteiger partial charge in [-0.05, 0) is 136 Å². The molecule has 4 heteroatoms. The van der Waals surface area contributed by atoms with E-state index in [1.54, 1.807) is 0 Å². The molecule has 0 radical (unpaired) electrons. The molecule has 0 N–H and O–H groups in total. The molecule has 378 valence electrons. The summed E-state index contributed by atoms with van der Waals surface area (Å²) in [5, 5.41) is 6.03. The average molecular weight is 1020 g/mol. The second-order valence-electron chi connectivity index (χ2n) is 20.8. The van der Waals surface area contributed by atoms with E-state index in [9.17, 15) is 0 Å². The SMILES string of the molecule is C1=CC2c3cc(N(c4ccc(-c5cccc6c5ccc5c(-c7ccccc7)c(-c7ccccc7)n(-c7cccc8ccccc78)c56)cc4)c4ccc(N(c5ccccc5)c5ccccc5)cc4)ccc3N(c3ccccc3)C2C=C1. The van der Waals surface area contributed by atoms with Gasteiger partial charge in [-0.2, -0.15) is 0 Å². The molecule has 2 heterocycles. The molecule has 1 aromatic heterocycles. The van der Waals surface area contributed by atoms with Crippen LogP contribution in [-0.4, -0.2) is 10.6 Å². The third-order valence-corrected chi connectivity index (χ3v) is 16.3. The minimum atomic E-state index is 0.188. The van der Waals surface area contributed by atoms with E-state index >= 15 is 0 Å². The molecular weight excluding hydrogens is 969 g/mol. The summed E-state index contributed by atoms with van der Waals surface area (Å²) >= 11 is 0. The molecule has 0 saturated heterocycles. The Balaban J connectivity index is 0.891. The molecule has 13 aromatic rings. The first kappa shape index (κ1) is 46.8. The van der Waals surface area contributed by atoms with Crippen LogP contribution in [0.1, 0.15) is 11.5 Å². The summed E-state index contributed by atoms with van der Waals surface area (Å²) in [5.41, 5.74) is 19.7. The smallest absolute Gasteiger partial charge is 0.0629 e. The highest BCUT2D eigenvalue weighted by Crippen LogP contribution is 2.51. The van der Waals surface area contributed by atoms with Gasteiger partial charge in [-0.15, -0.1) is 0 Å². The second-order valence-corrected chi connectivity index (χ2v) is 20.8. The minimum Gasteiger partial charge on any atom is -0.333 e. The normalized spacial score (nSPS) is 14.4. The summed E-state index contributed by atoms with van der Waals surface area (Å²) in [4.78, 5) is 7.24. The van der Waals surface area contributed by atoms with Crippen molar-refractivity contribution in [3.05, 3.63) is 321 Å². The van der Waals surface area contributed by atoms with Crippen LogP contribution in [0.2, 0.25) is 0 Å². The highest BCUT2D eigenvalue weighted by Gasteiger charge is 2.38. The Kier molecular flexibility index (Phi) is 11.6. The molecule has 80 heavy (non-hydrogen) atoms. The van der Waals surface area contributed by atoms with Crippen molar-refractivity contribution in [3.8, 4) is 39.2 Å². The Morgan fingerprint density at radius 2 is 0.838 bits per heavy atom. The molecule has 0 saturated carbocycles. The van der Waals surface area contributed by atoms with Gasteiger partial charge in [-0.25, -0.2) is 0 Å². The van der Waals surface area contributed by atoms with E-state index < -0.39 is 0 Å². The molecule has 15 rings (SSSR count). The fourth-order valence-corrected chi connectivity index (χ4v) is 12.7. The lowest BCUT2D eigenvalue weighted by Crippen LogP contribution is -2.28. The van der Waals surface area contributed by atoms with E-state index in [4.69, 9.17) is 0 Å². The lowest BCUT2D eigenvalue weighted by atomic mass is 9.91. The van der Waals surface area contributed by atoms with Crippen LogP contribution in [0.5, 0.6) is 0 Å². The largest absolute Gasteiger partial charge is 0.333 e. The molecule has 0 amide bonds. The van der Waals surface area contributed by atoms with E-state index in [1.165, 1.54) is 77.3 Å². The number of nitrogens with zero attached hydrogens (tertiary/aromatic N) is 4. The first-order valence-electron chi connectivity index (χ1n) is 27.7. The van der Waals surface area contributed by atoms with E-state index in [0.717, 1.165) is 45.4 Å². The van der Waals surface area contributed by atoms with Gasteiger partial charge in [0.25, 0.3) is 0 Å². The van der Waals surface area contributed by atoms with E-state index in [-0.39, 0.29) is 12.0 Å². The summed E-state index contributed by atoms with van der Waals surface area (Å²) in [6.07, 6.45) is 9.12. The monoisotopic (exact) mass is 1020 g/mol. The van der Waals surface area contributed by atoms with Crippen molar-refractivity contribution in [1.29, 1.82) is 0 Å². The molecule has 12 aromatic carbocycles. The maximum absolute atomic E-state index is 2.55. The molecule has 0 fully saturated rings. The zero-order valence-electron chi connectivity index (χ0n) is 44.0. The van der Waals surface area contributed by atoms with Crippen molar-refractivity contribution in [2.24, 2.45) is 0 Å². The number of fused-ring (bicyclic) bond motifs is 7. The van der Waals surface area contributed by atoms with Crippen LogP contribution in [0.3, 0.4) is 0 Å². The number of hydrogen-bond acceptors (Lipinski definition) is 3. The third kappa shape index (κ3) is 7.99. The highest BCUT2D eigenvalue weighted by molar-refractivity contribution is 6.19. The van der Waals surface area contributed by atoms with E-state index in [2.05, 4.69) is 335 Å². The second kappa shape index (κ2) is 19.9. The maximum atomic E-state index is 2.55. The van der Waals surface area contributed by atoms with Crippen LogP contribution in [-0.2, 0) is 0 Å². The van der Waals surface area contributed by atoms with Crippen LogP contribution < -0.4 is 14.7 Å². The number of para-hydroxylation sites is 3. The summed E-state index contributed by atoms with van der Waals surface area (Å²) in [6, 6.07) is 106. The number of benzene rings is 12. The number of rotatable bonds is 11. The van der Waals surface area contributed by atoms with Crippen molar-refractivity contribution in [3.63, 3.8) is 0 Å². The van der Waals surface area contributed by atoms with E-state index in [0.29, 0.717) is 0 Å². The fraction of sp³-hybridized carbons (Fsp3) is 0.0263. The standard InChI is InChI=1S/C76H54N4/c1-6-23-55(24-7-1)74-69-50-49-66-64(36-21-37-68(66)76(69)80(75(74)56-25-8-2-9-26-56)71-39-20-27-53-22-16-17-34-65(53)71)54-40-42-60(43-41-54)78(62-46-44-61(45-47-62)77(57-28-10-3-11-29-57)58-30-12-4-13-31-58)63-48-51-73-70(52-63)67-35-18-19-38-72(67)79(73)59-32-14-5-15-33-59/h1-52,67,72H. The van der Waals surface area contributed by atoms with Gasteiger partial charge in [0.2, 0.25) is 0 Å². The van der Waals surface area contributed by atoms with Crippen LogP contribution >= 0.6 is 0 Å². The Bertz CT molecular complexity index is 4410. The van der Waals surface area contributed by atoms with Crippen LogP contribution in [0.15, 0.2) is 315 Å². The van der Waals surface area contributed by atoms with Gasteiger partial charge in [0.05, 0.1) is 22.9 Å². The Labute approximate surface area is 466 Å². The summed E-state index contributed by atoms with van der Waals surface area (Å²) < 4.78 is 2.55. The Morgan fingerprint density at radius 3 is 1.52 bits per heavy atom. The molecule has 4 nitrogen and oxygen atoms in total. The number of anilines is 8. The van der Waals surface area contributed by atoms with Gasteiger partial charge in [0.15, 0.2) is 0 Å². The predicted octanol–water partition coefficient (Wildman–Crippen LogP) is 20.6. The van der Waals surface area contributed by atoms with Crippen molar-refractivity contribution in [2.45, 2.75) is 12.0 Å². The van der Waals surface area contributed by atoms with Crippen LogP contribution in [0.4, 0.5) is 45.5 Å². The van der Waals surface area contributed by atoms with Gasteiger partial charge < -0.3 is 19.3 Å². The van der Waals surface area contributed by atoms with Crippen LogP contribution in [0.25, 0.3) is 71.6 Å². The van der Waals surface area contributed by atoms with Gasteiger partial charge in [0, 0.05) is 73.1 Å². The van der Waals surface area contributed by atoms with Gasteiger partial charge in [0.1, 0.15) is 0 Å². The van der Waals surface area contributed by atoms with Crippen molar-refractivity contribution < 1.29 is 0 Å². The molecule has 1 aliphatic carbocycles. The minimum absolute atomic E-state index is 0.188. The fourth-order valence-electron chi connectivity index (χ4n) is 12.7. The molecule has 2 unspecified atom stereocenters. The lowest BCUT2D eigenvalue weighted by molar-refractivity contribution is 0.745. The van der Waals surface area contributed by atoms with Gasteiger partial charge in [-0.1, -0.05) is 218 Å². The van der Waals surface area contributed by atoms with Crippen molar-refractivity contribution in [2.75, 3.05) is 14.7 Å². The molecule has 0 spiro atoms. The lowest BCUT2D eigenvalue weighted by Gasteiger charge is -2.29.